The van der Waals surface area contributed by atoms with Crippen molar-refractivity contribution in [3.63, 3.8) is 0 Å². The summed E-state index contributed by atoms with van der Waals surface area (Å²) in [6.45, 7) is 17.1. The standard InChI is InChI=1S/C19H35N3O3SSi/c1-8-13(2)15(11-25-27(6,7)19(3,4)5)20-17(24)16-12-26-18(21-16)22-9-14(23)10-22/h12-15,23H,8-11H2,1-7H3,(H,20,24)/t13-,15+/m0/s1. The molecule has 1 aliphatic rings. The first-order valence-electron chi connectivity index (χ1n) is 9.78. The molecule has 0 bridgehead atoms. The van der Waals surface area contributed by atoms with Crippen molar-refractivity contribution in [2.24, 2.45) is 5.92 Å². The van der Waals surface area contributed by atoms with Crippen molar-refractivity contribution < 1.29 is 14.3 Å². The van der Waals surface area contributed by atoms with E-state index in [4.69, 9.17) is 4.43 Å². The number of hydrogen-bond acceptors (Lipinski definition) is 6. The van der Waals surface area contributed by atoms with E-state index in [0.717, 1.165) is 11.6 Å². The fraction of sp³-hybridized carbons (Fsp3) is 0.789. The number of aliphatic hydroxyl groups excluding tert-OH is 1. The number of hydrogen-bond donors (Lipinski definition) is 2. The quantitative estimate of drug-likeness (QED) is 0.638. The molecule has 1 aromatic rings. The lowest BCUT2D eigenvalue weighted by Crippen LogP contribution is -2.50. The number of β-amino-alcohol motifs (C(OH)–C–C–N with tert-alkyl or cyclic N) is 1. The van der Waals surface area contributed by atoms with Gasteiger partial charge in [-0.2, -0.15) is 0 Å². The minimum Gasteiger partial charge on any atom is -0.415 e. The number of anilines is 1. The van der Waals surface area contributed by atoms with Gasteiger partial charge in [-0.15, -0.1) is 11.3 Å². The fourth-order valence-corrected chi connectivity index (χ4v) is 4.37. The summed E-state index contributed by atoms with van der Waals surface area (Å²) in [4.78, 5) is 19.2. The number of thiazole rings is 1. The summed E-state index contributed by atoms with van der Waals surface area (Å²) in [5.41, 5.74) is 0.442. The van der Waals surface area contributed by atoms with Crippen LogP contribution in [0.2, 0.25) is 18.1 Å². The van der Waals surface area contributed by atoms with Crippen LogP contribution in [-0.2, 0) is 4.43 Å². The first kappa shape index (κ1) is 22.3. The van der Waals surface area contributed by atoms with Gasteiger partial charge in [-0.25, -0.2) is 4.98 Å². The summed E-state index contributed by atoms with van der Waals surface area (Å²) in [5, 5.41) is 15.3. The summed E-state index contributed by atoms with van der Waals surface area (Å²) in [5.74, 6) is 0.171. The SMILES string of the molecule is CC[C@H](C)[C@@H](CO[Si](C)(C)C(C)(C)C)NC(=O)c1csc(N2CC(O)C2)n1. The zero-order valence-electron chi connectivity index (χ0n) is 17.7. The topological polar surface area (TPSA) is 74.7 Å². The van der Waals surface area contributed by atoms with Gasteiger partial charge >= 0.3 is 0 Å². The van der Waals surface area contributed by atoms with Crippen LogP contribution in [-0.4, -0.2) is 56.2 Å². The maximum atomic E-state index is 12.7. The Morgan fingerprint density at radius 3 is 2.63 bits per heavy atom. The predicted molar refractivity (Wildman–Crippen MR) is 114 cm³/mol. The van der Waals surface area contributed by atoms with Crippen molar-refractivity contribution >= 4 is 30.7 Å². The Bertz CT molecular complexity index is 638. The van der Waals surface area contributed by atoms with Gasteiger partial charge in [0.05, 0.1) is 18.8 Å². The molecule has 6 nitrogen and oxygen atoms in total. The van der Waals surface area contributed by atoms with E-state index in [0.29, 0.717) is 31.3 Å². The number of nitrogens with one attached hydrogen (secondary N) is 1. The van der Waals surface area contributed by atoms with E-state index in [-0.39, 0.29) is 23.1 Å². The van der Waals surface area contributed by atoms with Crippen LogP contribution in [0.1, 0.15) is 51.5 Å². The average molecular weight is 414 g/mol. The Hall–Kier alpha value is -0.963. The average Bonchev–Trinajstić information content (AvgIpc) is 3.03. The molecule has 1 aromatic heterocycles. The Kier molecular flexibility index (Phi) is 7.10. The van der Waals surface area contributed by atoms with Gasteiger partial charge in [0.15, 0.2) is 13.4 Å². The van der Waals surface area contributed by atoms with Gasteiger partial charge in [0.2, 0.25) is 0 Å². The van der Waals surface area contributed by atoms with Crippen molar-refractivity contribution in [3.05, 3.63) is 11.1 Å². The van der Waals surface area contributed by atoms with E-state index in [1.165, 1.54) is 11.3 Å². The molecule has 0 saturated carbocycles. The number of carbonyl (C=O) groups is 1. The van der Waals surface area contributed by atoms with Crippen molar-refractivity contribution in [3.8, 4) is 0 Å². The molecule has 0 aliphatic carbocycles. The van der Waals surface area contributed by atoms with Gasteiger partial charge in [-0.05, 0) is 24.1 Å². The number of rotatable bonds is 8. The van der Waals surface area contributed by atoms with Gasteiger partial charge in [-0.3, -0.25) is 4.79 Å². The smallest absolute Gasteiger partial charge is 0.271 e. The second-order valence-electron chi connectivity index (χ2n) is 9.11. The molecule has 154 valence electrons. The number of carbonyl (C=O) groups excluding carboxylic acids is 1. The van der Waals surface area contributed by atoms with Crippen LogP contribution >= 0.6 is 11.3 Å². The molecule has 0 unspecified atom stereocenters. The number of aromatic nitrogens is 1. The predicted octanol–water partition coefficient (Wildman–Crippen LogP) is 3.49. The monoisotopic (exact) mass is 413 g/mol. The second-order valence-corrected chi connectivity index (χ2v) is 14.8. The van der Waals surface area contributed by atoms with E-state index in [1.54, 1.807) is 5.38 Å². The van der Waals surface area contributed by atoms with Crippen LogP contribution in [0.5, 0.6) is 0 Å². The summed E-state index contributed by atoms with van der Waals surface area (Å²) in [6.07, 6.45) is 0.688. The Balaban J connectivity index is 2.00. The van der Waals surface area contributed by atoms with Crippen LogP contribution in [0.3, 0.4) is 0 Å². The maximum absolute atomic E-state index is 12.7. The van der Waals surface area contributed by atoms with E-state index in [1.807, 2.05) is 4.90 Å². The van der Waals surface area contributed by atoms with Crippen LogP contribution in [0, 0.1) is 5.92 Å². The molecular formula is C19H35N3O3SSi. The lowest BCUT2D eigenvalue weighted by molar-refractivity contribution is 0.0890. The molecule has 1 amide bonds. The molecular weight excluding hydrogens is 378 g/mol. The summed E-state index contributed by atoms with van der Waals surface area (Å²) >= 11 is 1.44. The summed E-state index contributed by atoms with van der Waals surface area (Å²) in [7, 11) is -1.87. The molecule has 0 spiro atoms. The molecule has 8 heteroatoms. The molecule has 0 radical (unpaired) electrons. The van der Waals surface area contributed by atoms with E-state index in [9.17, 15) is 9.90 Å². The van der Waals surface area contributed by atoms with E-state index >= 15 is 0 Å². The van der Waals surface area contributed by atoms with E-state index < -0.39 is 8.32 Å². The zero-order chi connectivity index (χ0) is 20.4. The summed E-state index contributed by atoms with van der Waals surface area (Å²) < 4.78 is 6.37. The van der Waals surface area contributed by atoms with Gasteiger partial charge in [0.1, 0.15) is 5.69 Å². The number of aliphatic hydroxyl groups is 1. The number of amides is 1. The lowest BCUT2D eigenvalue weighted by atomic mass is 10.00. The van der Waals surface area contributed by atoms with E-state index in [2.05, 4.69) is 58.0 Å². The van der Waals surface area contributed by atoms with Crippen LogP contribution in [0.4, 0.5) is 5.13 Å². The summed E-state index contributed by atoms with van der Waals surface area (Å²) in [6, 6.07) is -0.0346. The van der Waals surface area contributed by atoms with Crippen molar-refractivity contribution in [1.29, 1.82) is 0 Å². The van der Waals surface area contributed by atoms with Crippen molar-refractivity contribution in [2.75, 3.05) is 24.6 Å². The Morgan fingerprint density at radius 1 is 1.48 bits per heavy atom. The highest BCUT2D eigenvalue weighted by Crippen LogP contribution is 2.36. The van der Waals surface area contributed by atoms with Gasteiger partial charge < -0.3 is 19.7 Å². The number of nitrogens with zero attached hydrogens (tertiary/aromatic N) is 2. The Labute approximate surface area is 168 Å². The van der Waals surface area contributed by atoms with Crippen LogP contribution in [0.25, 0.3) is 0 Å². The molecule has 2 atom stereocenters. The second kappa shape index (κ2) is 8.59. The first-order valence-corrected chi connectivity index (χ1v) is 13.6. The third kappa shape index (κ3) is 5.53. The molecule has 2 rings (SSSR count). The minimum atomic E-state index is -1.87. The van der Waals surface area contributed by atoms with Crippen molar-refractivity contribution in [2.45, 2.75) is 71.3 Å². The van der Waals surface area contributed by atoms with Crippen LogP contribution < -0.4 is 10.2 Å². The maximum Gasteiger partial charge on any atom is 0.271 e. The van der Waals surface area contributed by atoms with Crippen molar-refractivity contribution in [1.82, 2.24) is 10.3 Å². The highest BCUT2D eigenvalue weighted by Gasteiger charge is 2.38. The molecule has 1 saturated heterocycles. The largest absolute Gasteiger partial charge is 0.415 e. The van der Waals surface area contributed by atoms with Gasteiger partial charge in [0, 0.05) is 18.5 Å². The lowest BCUT2D eigenvalue weighted by Gasteiger charge is -2.38. The highest BCUT2D eigenvalue weighted by molar-refractivity contribution is 7.14. The third-order valence-corrected chi connectivity index (χ3v) is 11.3. The fourth-order valence-electron chi connectivity index (χ4n) is 2.51. The molecule has 27 heavy (non-hydrogen) atoms. The first-order chi connectivity index (χ1) is 12.4. The normalized spacial score (nSPS) is 18.1. The molecule has 1 aliphatic heterocycles. The Morgan fingerprint density at radius 2 is 2.11 bits per heavy atom. The molecule has 2 N–H and O–H groups in total. The van der Waals surface area contributed by atoms with Gasteiger partial charge in [-0.1, -0.05) is 41.0 Å². The minimum absolute atomic E-state index is 0.0346. The molecule has 2 heterocycles. The van der Waals surface area contributed by atoms with Gasteiger partial charge in [0.25, 0.3) is 5.91 Å². The molecule has 0 aromatic carbocycles. The zero-order valence-corrected chi connectivity index (χ0v) is 19.5. The third-order valence-electron chi connectivity index (χ3n) is 5.93. The molecule has 1 fully saturated rings. The van der Waals surface area contributed by atoms with Crippen LogP contribution in [0.15, 0.2) is 5.38 Å². The highest BCUT2D eigenvalue weighted by atomic mass is 32.1.